The third-order valence-electron chi connectivity index (χ3n) is 7.52. The van der Waals surface area contributed by atoms with Crippen LogP contribution in [0.4, 0.5) is 5.69 Å². The number of hydrogen-bond donors (Lipinski definition) is 1. The molecule has 0 atom stereocenters. The summed E-state index contributed by atoms with van der Waals surface area (Å²) in [4.78, 5) is 29.6. The molecule has 0 spiro atoms. The van der Waals surface area contributed by atoms with Gasteiger partial charge in [-0.05, 0) is 87.7 Å². The standard InChI is InChI=1S/C28H35N3O5/c1-2-34-28(33)22-9-13-30(14-10-22)24-11-15-31(16-12-24)23-6-4-21(5-7-23)27(32)29-18-20-3-8-25-26(17-20)36-19-35-25/h3-8,17,22,24H,2,9-16,18-19H2,1H3,(H,29,32). The maximum Gasteiger partial charge on any atom is 0.309 e. The molecule has 8 nitrogen and oxygen atoms in total. The van der Waals surface area contributed by atoms with Gasteiger partial charge in [-0.2, -0.15) is 0 Å². The fourth-order valence-corrected chi connectivity index (χ4v) is 5.41. The van der Waals surface area contributed by atoms with Gasteiger partial charge in [0.25, 0.3) is 5.91 Å². The van der Waals surface area contributed by atoms with E-state index in [0.717, 1.165) is 74.6 Å². The van der Waals surface area contributed by atoms with Gasteiger partial charge in [-0.1, -0.05) is 6.07 Å². The Kier molecular flexibility index (Phi) is 7.60. The number of hydrogen-bond acceptors (Lipinski definition) is 7. The summed E-state index contributed by atoms with van der Waals surface area (Å²) in [5.41, 5.74) is 2.78. The number of piperidine rings is 2. The number of fused-ring (bicyclic) bond motifs is 1. The Balaban J connectivity index is 1.07. The van der Waals surface area contributed by atoms with Crippen LogP contribution in [-0.4, -0.2) is 62.4 Å². The maximum absolute atomic E-state index is 12.6. The van der Waals surface area contributed by atoms with E-state index in [9.17, 15) is 9.59 Å². The van der Waals surface area contributed by atoms with E-state index in [1.54, 1.807) is 0 Å². The summed E-state index contributed by atoms with van der Waals surface area (Å²) in [6.07, 6.45) is 4.03. The van der Waals surface area contributed by atoms with Crippen molar-refractivity contribution in [3.05, 3.63) is 53.6 Å². The molecule has 0 aliphatic carbocycles. The SMILES string of the molecule is CCOC(=O)C1CCN(C2CCN(c3ccc(C(=O)NCc4ccc5c(c4)OCO5)cc3)CC2)CC1. The predicted molar refractivity (Wildman–Crippen MR) is 136 cm³/mol. The molecule has 2 aromatic carbocycles. The van der Waals surface area contributed by atoms with Gasteiger partial charge in [-0.3, -0.25) is 9.59 Å². The van der Waals surface area contributed by atoms with Crippen molar-refractivity contribution in [2.45, 2.75) is 45.2 Å². The summed E-state index contributed by atoms with van der Waals surface area (Å²) in [6.45, 7) is 6.95. The molecule has 5 rings (SSSR count). The summed E-state index contributed by atoms with van der Waals surface area (Å²) < 4.78 is 15.9. The van der Waals surface area contributed by atoms with E-state index in [4.69, 9.17) is 14.2 Å². The number of esters is 1. The van der Waals surface area contributed by atoms with Crippen molar-refractivity contribution in [1.82, 2.24) is 10.2 Å². The molecule has 2 saturated heterocycles. The Morgan fingerprint density at radius 1 is 0.944 bits per heavy atom. The summed E-state index contributed by atoms with van der Waals surface area (Å²) >= 11 is 0. The van der Waals surface area contributed by atoms with Gasteiger partial charge in [-0.25, -0.2) is 0 Å². The van der Waals surface area contributed by atoms with Crippen LogP contribution in [-0.2, 0) is 16.1 Å². The molecule has 0 saturated carbocycles. The Hall–Kier alpha value is -3.26. The fraction of sp³-hybridized carbons (Fsp3) is 0.500. The minimum absolute atomic E-state index is 0.0305. The van der Waals surface area contributed by atoms with E-state index >= 15 is 0 Å². The molecule has 1 N–H and O–H groups in total. The first-order valence-electron chi connectivity index (χ1n) is 13.0. The molecule has 36 heavy (non-hydrogen) atoms. The minimum atomic E-state index is -0.0934. The van der Waals surface area contributed by atoms with Crippen LogP contribution < -0.4 is 19.7 Å². The second kappa shape index (κ2) is 11.2. The van der Waals surface area contributed by atoms with Gasteiger partial charge >= 0.3 is 5.97 Å². The molecule has 0 aromatic heterocycles. The number of nitrogens with zero attached hydrogens (tertiary/aromatic N) is 2. The first-order chi connectivity index (χ1) is 17.6. The summed E-state index contributed by atoms with van der Waals surface area (Å²) in [6, 6.07) is 14.2. The molecular weight excluding hydrogens is 458 g/mol. The van der Waals surface area contributed by atoms with Crippen molar-refractivity contribution in [2.75, 3.05) is 44.5 Å². The van der Waals surface area contributed by atoms with Crippen molar-refractivity contribution in [3.63, 3.8) is 0 Å². The number of benzene rings is 2. The highest BCUT2D eigenvalue weighted by atomic mass is 16.7. The second-order valence-corrected chi connectivity index (χ2v) is 9.70. The molecule has 0 bridgehead atoms. The normalized spacial score (nSPS) is 18.8. The molecule has 8 heteroatoms. The Labute approximate surface area is 212 Å². The molecule has 2 aromatic rings. The Bertz CT molecular complexity index is 1060. The third kappa shape index (κ3) is 5.59. The lowest BCUT2D eigenvalue weighted by molar-refractivity contribution is -0.149. The number of carbonyl (C=O) groups excluding carboxylic acids is 2. The molecular formula is C28H35N3O5. The zero-order chi connectivity index (χ0) is 24.9. The van der Waals surface area contributed by atoms with Crippen LogP contribution in [0.2, 0.25) is 0 Å². The lowest BCUT2D eigenvalue weighted by Crippen LogP contribution is -2.48. The Morgan fingerprint density at radius 3 is 2.39 bits per heavy atom. The molecule has 0 radical (unpaired) electrons. The van der Waals surface area contributed by atoms with Crippen LogP contribution in [0.15, 0.2) is 42.5 Å². The van der Waals surface area contributed by atoms with Crippen LogP contribution >= 0.6 is 0 Å². The Morgan fingerprint density at radius 2 is 1.67 bits per heavy atom. The molecule has 2 fully saturated rings. The topological polar surface area (TPSA) is 80.3 Å². The van der Waals surface area contributed by atoms with Crippen molar-refractivity contribution in [1.29, 1.82) is 0 Å². The highest BCUT2D eigenvalue weighted by Gasteiger charge is 2.31. The molecule has 3 aliphatic rings. The van der Waals surface area contributed by atoms with Gasteiger partial charge in [-0.15, -0.1) is 0 Å². The zero-order valence-electron chi connectivity index (χ0n) is 20.9. The van der Waals surface area contributed by atoms with Gasteiger partial charge in [0.2, 0.25) is 6.79 Å². The minimum Gasteiger partial charge on any atom is -0.466 e. The van der Waals surface area contributed by atoms with Crippen LogP contribution in [0.25, 0.3) is 0 Å². The van der Waals surface area contributed by atoms with Crippen molar-refractivity contribution < 1.29 is 23.8 Å². The van der Waals surface area contributed by atoms with Crippen LogP contribution in [0, 0.1) is 5.92 Å². The largest absolute Gasteiger partial charge is 0.466 e. The summed E-state index contributed by atoms with van der Waals surface area (Å²) in [7, 11) is 0. The summed E-state index contributed by atoms with van der Waals surface area (Å²) in [5.74, 6) is 1.40. The quantitative estimate of drug-likeness (QED) is 0.591. The van der Waals surface area contributed by atoms with Gasteiger partial charge in [0, 0.05) is 36.9 Å². The molecule has 3 heterocycles. The zero-order valence-corrected chi connectivity index (χ0v) is 20.9. The van der Waals surface area contributed by atoms with E-state index in [1.165, 1.54) is 0 Å². The smallest absolute Gasteiger partial charge is 0.309 e. The van der Waals surface area contributed by atoms with Crippen molar-refractivity contribution >= 4 is 17.6 Å². The van der Waals surface area contributed by atoms with E-state index in [2.05, 4.69) is 15.1 Å². The van der Waals surface area contributed by atoms with Crippen LogP contribution in [0.3, 0.4) is 0 Å². The number of likely N-dealkylation sites (tertiary alicyclic amines) is 1. The molecule has 1 amide bonds. The molecule has 0 unspecified atom stereocenters. The van der Waals surface area contributed by atoms with Crippen LogP contribution in [0.1, 0.15) is 48.5 Å². The average molecular weight is 494 g/mol. The monoisotopic (exact) mass is 493 g/mol. The van der Waals surface area contributed by atoms with E-state index in [1.807, 2.05) is 49.4 Å². The predicted octanol–water partition coefficient (Wildman–Crippen LogP) is 3.59. The van der Waals surface area contributed by atoms with E-state index in [-0.39, 0.29) is 24.6 Å². The molecule has 3 aliphatic heterocycles. The van der Waals surface area contributed by atoms with Crippen molar-refractivity contribution in [3.8, 4) is 11.5 Å². The lowest BCUT2D eigenvalue weighted by Gasteiger charge is -2.42. The van der Waals surface area contributed by atoms with Gasteiger partial charge in [0.05, 0.1) is 12.5 Å². The lowest BCUT2D eigenvalue weighted by atomic mass is 9.93. The third-order valence-corrected chi connectivity index (χ3v) is 7.52. The summed E-state index contributed by atoms with van der Waals surface area (Å²) in [5, 5.41) is 2.98. The highest BCUT2D eigenvalue weighted by molar-refractivity contribution is 5.94. The second-order valence-electron chi connectivity index (χ2n) is 9.70. The van der Waals surface area contributed by atoms with Crippen LogP contribution in [0.5, 0.6) is 11.5 Å². The molecule has 192 valence electrons. The van der Waals surface area contributed by atoms with Gasteiger partial charge in [0.15, 0.2) is 11.5 Å². The first kappa shape index (κ1) is 24.4. The van der Waals surface area contributed by atoms with Gasteiger partial charge in [0.1, 0.15) is 0 Å². The number of anilines is 1. The fourth-order valence-electron chi connectivity index (χ4n) is 5.41. The number of nitrogens with one attached hydrogen (secondary N) is 1. The number of rotatable bonds is 7. The maximum atomic E-state index is 12.6. The highest BCUT2D eigenvalue weighted by Crippen LogP contribution is 2.32. The number of ether oxygens (including phenoxy) is 3. The van der Waals surface area contributed by atoms with E-state index < -0.39 is 0 Å². The number of carbonyl (C=O) groups is 2. The van der Waals surface area contributed by atoms with Gasteiger partial charge < -0.3 is 29.3 Å². The number of amides is 1. The van der Waals surface area contributed by atoms with Crippen molar-refractivity contribution in [2.24, 2.45) is 5.92 Å². The van der Waals surface area contributed by atoms with E-state index in [0.29, 0.717) is 24.8 Å². The average Bonchev–Trinajstić information content (AvgIpc) is 3.40. The first-order valence-corrected chi connectivity index (χ1v) is 13.0.